The molecule has 1 aliphatic rings. The van der Waals surface area contributed by atoms with Gasteiger partial charge < -0.3 is 10.6 Å². The molecule has 0 aliphatic carbocycles. The highest BCUT2D eigenvalue weighted by atomic mass is 15.1. The SMILES string of the molecule is CC1CCCN(c2ccc3ncccc3c2N)C1. The monoisotopic (exact) mass is 241 g/mol. The van der Waals surface area contributed by atoms with Crippen molar-refractivity contribution in [1.29, 1.82) is 0 Å². The van der Waals surface area contributed by atoms with E-state index in [2.05, 4.69) is 35.0 Å². The van der Waals surface area contributed by atoms with Crippen LogP contribution in [-0.4, -0.2) is 18.1 Å². The lowest BCUT2D eigenvalue weighted by Gasteiger charge is -2.33. The minimum Gasteiger partial charge on any atom is -0.396 e. The summed E-state index contributed by atoms with van der Waals surface area (Å²) >= 11 is 0. The van der Waals surface area contributed by atoms with Crippen molar-refractivity contribution in [2.45, 2.75) is 19.8 Å². The quantitative estimate of drug-likeness (QED) is 0.780. The summed E-state index contributed by atoms with van der Waals surface area (Å²) in [4.78, 5) is 6.76. The molecular formula is C15H19N3. The Morgan fingerprint density at radius 2 is 2.22 bits per heavy atom. The second-order valence-corrected chi connectivity index (χ2v) is 5.26. The van der Waals surface area contributed by atoms with Crippen molar-refractivity contribution in [2.75, 3.05) is 23.7 Å². The normalized spacial score (nSPS) is 20.3. The van der Waals surface area contributed by atoms with E-state index in [0.29, 0.717) is 0 Å². The minimum atomic E-state index is 0.753. The third-order valence-electron chi connectivity index (χ3n) is 3.80. The van der Waals surface area contributed by atoms with Gasteiger partial charge in [0.1, 0.15) is 0 Å². The smallest absolute Gasteiger partial charge is 0.0724 e. The maximum Gasteiger partial charge on any atom is 0.0724 e. The fourth-order valence-electron chi connectivity index (χ4n) is 2.85. The van der Waals surface area contributed by atoms with Crippen molar-refractivity contribution in [3.05, 3.63) is 30.5 Å². The Morgan fingerprint density at radius 1 is 1.33 bits per heavy atom. The Bertz CT molecular complexity index is 565. The highest BCUT2D eigenvalue weighted by Gasteiger charge is 2.19. The molecule has 0 amide bonds. The van der Waals surface area contributed by atoms with Crippen LogP contribution in [0.1, 0.15) is 19.8 Å². The molecule has 1 aliphatic heterocycles. The predicted molar refractivity (Wildman–Crippen MR) is 76.8 cm³/mol. The molecule has 1 atom stereocenters. The van der Waals surface area contributed by atoms with Crippen LogP contribution in [0.5, 0.6) is 0 Å². The molecule has 1 saturated heterocycles. The molecule has 2 aromatic rings. The molecule has 0 spiro atoms. The maximum atomic E-state index is 6.31. The first-order chi connectivity index (χ1) is 8.75. The zero-order valence-electron chi connectivity index (χ0n) is 10.8. The van der Waals surface area contributed by atoms with E-state index in [1.807, 2.05) is 12.3 Å². The first-order valence-electron chi connectivity index (χ1n) is 6.64. The fraction of sp³-hybridized carbons (Fsp3) is 0.400. The van der Waals surface area contributed by atoms with Crippen LogP contribution in [0.3, 0.4) is 0 Å². The second kappa shape index (κ2) is 4.48. The molecule has 1 fully saturated rings. The molecule has 3 rings (SSSR count). The van der Waals surface area contributed by atoms with Crippen molar-refractivity contribution in [3.8, 4) is 0 Å². The number of nitrogen functional groups attached to an aromatic ring is 1. The zero-order chi connectivity index (χ0) is 12.5. The number of aromatic nitrogens is 1. The molecule has 3 nitrogen and oxygen atoms in total. The van der Waals surface area contributed by atoms with Gasteiger partial charge in [0.25, 0.3) is 0 Å². The van der Waals surface area contributed by atoms with E-state index in [-0.39, 0.29) is 0 Å². The van der Waals surface area contributed by atoms with E-state index in [0.717, 1.165) is 35.6 Å². The number of nitrogens with zero attached hydrogens (tertiary/aromatic N) is 2. The van der Waals surface area contributed by atoms with Crippen molar-refractivity contribution in [1.82, 2.24) is 4.98 Å². The van der Waals surface area contributed by atoms with Gasteiger partial charge >= 0.3 is 0 Å². The molecule has 94 valence electrons. The number of hydrogen-bond acceptors (Lipinski definition) is 3. The number of rotatable bonds is 1. The van der Waals surface area contributed by atoms with Gasteiger partial charge in [-0.05, 0) is 43.0 Å². The Labute approximate surface area is 108 Å². The molecule has 1 unspecified atom stereocenters. The van der Waals surface area contributed by atoms with Gasteiger partial charge in [0.2, 0.25) is 0 Å². The van der Waals surface area contributed by atoms with E-state index < -0.39 is 0 Å². The summed E-state index contributed by atoms with van der Waals surface area (Å²) in [6, 6.07) is 8.18. The zero-order valence-corrected chi connectivity index (χ0v) is 10.8. The maximum absolute atomic E-state index is 6.31. The highest BCUT2D eigenvalue weighted by Crippen LogP contribution is 2.32. The van der Waals surface area contributed by atoms with Crippen molar-refractivity contribution in [3.63, 3.8) is 0 Å². The molecule has 2 N–H and O–H groups in total. The topological polar surface area (TPSA) is 42.2 Å². The largest absolute Gasteiger partial charge is 0.396 e. The van der Waals surface area contributed by atoms with Gasteiger partial charge in [0, 0.05) is 24.7 Å². The summed E-state index contributed by atoms with van der Waals surface area (Å²) in [6.45, 7) is 4.53. The van der Waals surface area contributed by atoms with E-state index >= 15 is 0 Å². The van der Waals surface area contributed by atoms with E-state index in [9.17, 15) is 0 Å². The van der Waals surface area contributed by atoms with Crippen molar-refractivity contribution >= 4 is 22.3 Å². The van der Waals surface area contributed by atoms with E-state index in [1.54, 1.807) is 0 Å². The van der Waals surface area contributed by atoms with Gasteiger partial charge in [-0.1, -0.05) is 6.92 Å². The number of hydrogen-bond donors (Lipinski definition) is 1. The number of piperidine rings is 1. The summed E-state index contributed by atoms with van der Waals surface area (Å²) < 4.78 is 0. The lowest BCUT2D eigenvalue weighted by Crippen LogP contribution is -2.34. The van der Waals surface area contributed by atoms with E-state index in [4.69, 9.17) is 5.73 Å². The molecule has 1 aromatic heterocycles. The number of nitrogens with two attached hydrogens (primary N) is 1. The fourth-order valence-corrected chi connectivity index (χ4v) is 2.85. The van der Waals surface area contributed by atoms with Crippen LogP contribution >= 0.6 is 0 Å². The Kier molecular flexibility index (Phi) is 2.82. The standard InChI is InChI=1S/C15H19N3/c1-11-4-3-9-18(10-11)14-7-6-13-12(15(14)16)5-2-8-17-13/h2,5-8,11H,3-4,9-10,16H2,1H3. The van der Waals surface area contributed by atoms with Gasteiger partial charge in [-0.3, -0.25) is 4.98 Å². The summed E-state index contributed by atoms with van der Waals surface area (Å²) in [7, 11) is 0. The number of pyridine rings is 1. The third-order valence-corrected chi connectivity index (χ3v) is 3.80. The molecule has 0 bridgehead atoms. The van der Waals surface area contributed by atoms with Gasteiger partial charge in [0.05, 0.1) is 16.9 Å². The summed E-state index contributed by atoms with van der Waals surface area (Å²) in [5.74, 6) is 0.753. The number of anilines is 2. The lowest BCUT2D eigenvalue weighted by atomic mass is 9.99. The van der Waals surface area contributed by atoms with Crippen molar-refractivity contribution in [2.24, 2.45) is 5.92 Å². The molecule has 1 aromatic carbocycles. The van der Waals surface area contributed by atoms with E-state index in [1.165, 1.54) is 18.5 Å². The van der Waals surface area contributed by atoms with Gasteiger partial charge in [-0.2, -0.15) is 0 Å². The highest BCUT2D eigenvalue weighted by molar-refractivity contribution is 5.97. The molecule has 3 heteroatoms. The minimum absolute atomic E-state index is 0.753. The molecule has 0 radical (unpaired) electrons. The lowest BCUT2D eigenvalue weighted by molar-refractivity contribution is 0.447. The second-order valence-electron chi connectivity index (χ2n) is 5.26. The summed E-state index contributed by atoms with van der Waals surface area (Å²) in [6.07, 6.45) is 4.39. The van der Waals surface area contributed by atoms with Crippen LogP contribution in [0.2, 0.25) is 0 Å². The molecular weight excluding hydrogens is 222 g/mol. The van der Waals surface area contributed by atoms with Crippen LogP contribution < -0.4 is 10.6 Å². The van der Waals surface area contributed by atoms with Crippen LogP contribution in [0.4, 0.5) is 11.4 Å². The summed E-state index contributed by atoms with van der Waals surface area (Å²) in [5, 5.41) is 1.06. The van der Waals surface area contributed by atoms with Crippen LogP contribution in [0.15, 0.2) is 30.5 Å². The Balaban J connectivity index is 2.04. The predicted octanol–water partition coefficient (Wildman–Crippen LogP) is 3.05. The number of fused-ring (bicyclic) bond motifs is 1. The van der Waals surface area contributed by atoms with Crippen LogP contribution in [0.25, 0.3) is 10.9 Å². The third kappa shape index (κ3) is 1.90. The molecule has 0 saturated carbocycles. The molecule has 18 heavy (non-hydrogen) atoms. The van der Waals surface area contributed by atoms with Gasteiger partial charge in [0.15, 0.2) is 0 Å². The molecule has 2 heterocycles. The van der Waals surface area contributed by atoms with Crippen molar-refractivity contribution < 1.29 is 0 Å². The average molecular weight is 241 g/mol. The first kappa shape index (κ1) is 11.3. The van der Waals surface area contributed by atoms with Crippen LogP contribution in [0, 0.1) is 5.92 Å². The summed E-state index contributed by atoms with van der Waals surface area (Å²) in [5.41, 5.74) is 9.33. The van der Waals surface area contributed by atoms with Crippen LogP contribution in [-0.2, 0) is 0 Å². The first-order valence-corrected chi connectivity index (χ1v) is 6.64. The average Bonchev–Trinajstić information content (AvgIpc) is 2.39. The number of benzene rings is 1. The van der Waals surface area contributed by atoms with Gasteiger partial charge in [-0.15, -0.1) is 0 Å². The van der Waals surface area contributed by atoms with Gasteiger partial charge in [-0.25, -0.2) is 0 Å². The Morgan fingerprint density at radius 3 is 3.06 bits per heavy atom. The Hall–Kier alpha value is -1.77.